The van der Waals surface area contributed by atoms with E-state index in [1.807, 2.05) is 6.92 Å². The minimum Gasteiger partial charge on any atom is -0.496 e. The number of thioether (sulfide) groups is 1. The SMILES string of the molecule is COc1cc(Cl)ccc1C(Nc1cccc2nc(C)ccc12)C(O)(CSC)C(F)(F)F. The molecule has 0 saturated carbocycles. The van der Waals surface area contributed by atoms with Crippen LogP contribution >= 0.6 is 23.4 Å². The van der Waals surface area contributed by atoms with Crippen molar-refractivity contribution in [2.45, 2.75) is 24.7 Å². The quantitative estimate of drug-likeness (QED) is 0.442. The predicted octanol–water partition coefficient (Wildman–Crippen LogP) is 6.01. The van der Waals surface area contributed by atoms with Crippen molar-refractivity contribution in [1.82, 2.24) is 4.98 Å². The van der Waals surface area contributed by atoms with E-state index < -0.39 is 23.6 Å². The standard InChI is InChI=1S/C22H22ClF3N2O2S/c1-13-7-9-15-17(27-13)5-4-6-18(15)28-20(21(29,12-31-3)22(24,25)26)16-10-8-14(23)11-19(16)30-2/h4-11,20,28-29H,12H2,1-3H3. The van der Waals surface area contributed by atoms with Crippen molar-refractivity contribution in [3.05, 3.63) is 64.8 Å². The number of hydrogen-bond donors (Lipinski definition) is 2. The molecular formula is C22H22ClF3N2O2S. The number of nitrogens with zero attached hydrogens (tertiary/aromatic N) is 1. The fourth-order valence-electron chi connectivity index (χ4n) is 3.46. The molecule has 4 nitrogen and oxygen atoms in total. The van der Waals surface area contributed by atoms with Crippen LogP contribution in [-0.2, 0) is 0 Å². The maximum atomic E-state index is 14.2. The van der Waals surface area contributed by atoms with Gasteiger partial charge in [0.2, 0.25) is 0 Å². The Kier molecular flexibility index (Phi) is 6.93. The molecule has 9 heteroatoms. The molecule has 3 aromatic rings. The highest BCUT2D eigenvalue weighted by molar-refractivity contribution is 7.98. The number of aliphatic hydroxyl groups is 1. The largest absolute Gasteiger partial charge is 0.496 e. The second-order valence-electron chi connectivity index (χ2n) is 7.14. The number of benzene rings is 2. The Hall–Kier alpha value is -2.16. The number of pyridine rings is 1. The summed E-state index contributed by atoms with van der Waals surface area (Å²) in [5.41, 5.74) is -1.12. The molecule has 2 N–H and O–H groups in total. The van der Waals surface area contributed by atoms with Crippen LogP contribution in [0.15, 0.2) is 48.5 Å². The van der Waals surface area contributed by atoms with Gasteiger partial charge in [0, 0.05) is 33.1 Å². The number of anilines is 1. The lowest BCUT2D eigenvalue weighted by Gasteiger charge is -2.39. The second kappa shape index (κ2) is 9.14. The van der Waals surface area contributed by atoms with Gasteiger partial charge < -0.3 is 15.2 Å². The van der Waals surface area contributed by atoms with E-state index in [4.69, 9.17) is 16.3 Å². The maximum absolute atomic E-state index is 14.2. The summed E-state index contributed by atoms with van der Waals surface area (Å²) in [5.74, 6) is -0.440. The number of hydrogen-bond acceptors (Lipinski definition) is 5. The summed E-state index contributed by atoms with van der Waals surface area (Å²) in [4.78, 5) is 4.44. The van der Waals surface area contributed by atoms with Crippen LogP contribution in [0.2, 0.25) is 5.02 Å². The lowest BCUT2D eigenvalue weighted by atomic mass is 9.88. The first-order valence-electron chi connectivity index (χ1n) is 9.35. The number of fused-ring (bicyclic) bond motifs is 1. The Morgan fingerprint density at radius 1 is 1.19 bits per heavy atom. The topological polar surface area (TPSA) is 54.4 Å². The molecule has 0 spiro atoms. The number of rotatable bonds is 7. The molecule has 2 unspecified atom stereocenters. The Balaban J connectivity index is 2.22. The molecule has 0 aliphatic carbocycles. The summed E-state index contributed by atoms with van der Waals surface area (Å²) in [6, 6.07) is 11.5. The number of ether oxygens (including phenoxy) is 1. The first kappa shape index (κ1) is 23.5. The van der Waals surface area contributed by atoms with Crippen LogP contribution in [0.5, 0.6) is 5.75 Å². The van der Waals surface area contributed by atoms with Gasteiger partial charge in [0.1, 0.15) is 5.75 Å². The molecule has 0 radical (unpaired) electrons. The van der Waals surface area contributed by atoms with Crippen molar-refractivity contribution >= 4 is 40.0 Å². The zero-order chi connectivity index (χ0) is 22.8. The first-order valence-corrected chi connectivity index (χ1v) is 11.1. The number of aromatic nitrogens is 1. The Bertz CT molecular complexity index is 1080. The second-order valence-corrected chi connectivity index (χ2v) is 8.45. The predicted molar refractivity (Wildman–Crippen MR) is 120 cm³/mol. The first-order chi connectivity index (χ1) is 14.6. The number of nitrogens with one attached hydrogen (secondary N) is 1. The molecule has 31 heavy (non-hydrogen) atoms. The van der Waals surface area contributed by atoms with E-state index in [0.29, 0.717) is 21.6 Å². The third-order valence-corrected chi connectivity index (χ3v) is 5.97. The average molecular weight is 471 g/mol. The molecule has 0 bridgehead atoms. The Morgan fingerprint density at radius 3 is 2.58 bits per heavy atom. The maximum Gasteiger partial charge on any atom is 0.420 e. The minimum absolute atomic E-state index is 0.137. The van der Waals surface area contributed by atoms with Crippen LogP contribution in [0.3, 0.4) is 0 Å². The van der Waals surface area contributed by atoms with Crippen molar-refractivity contribution in [2.24, 2.45) is 0 Å². The summed E-state index contributed by atoms with van der Waals surface area (Å²) >= 11 is 6.92. The average Bonchev–Trinajstić information content (AvgIpc) is 2.71. The zero-order valence-electron chi connectivity index (χ0n) is 17.1. The van der Waals surface area contributed by atoms with Crippen LogP contribution in [0.1, 0.15) is 17.3 Å². The Labute approximate surface area is 187 Å². The lowest BCUT2D eigenvalue weighted by Crippen LogP contribution is -2.54. The van der Waals surface area contributed by atoms with Gasteiger partial charge >= 0.3 is 6.18 Å². The molecule has 3 rings (SSSR count). The third kappa shape index (κ3) is 4.71. The van der Waals surface area contributed by atoms with E-state index in [2.05, 4.69) is 10.3 Å². The van der Waals surface area contributed by atoms with Gasteiger partial charge in [0.15, 0.2) is 5.60 Å². The molecule has 0 aliphatic rings. The van der Waals surface area contributed by atoms with E-state index in [9.17, 15) is 18.3 Å². The van der Waals surface area contributed by atoms with Crippen LogP contribution in [-0.4, -0.2) is 41.0 Å². The molecule has 166 valence electrons. The van der Waals surface area contributed by atoms with Crippen LogP contribution in [0.25, 0.3) is 10.9 Å². The molecule has 1 heterocycles. The van der Waals surface area contributed by atoms with Gasteiger partial charge in [-0.1, -0.05) is 23.7 Å². The zero-order valence-corrected chi connectivity index (χ0v) is 18.7. The fraction of sp³-hybridized carbons (Fsp3) is 0.318. The number of halogens is 4. The molecule has 0 fully saturated rings. The highest BCUT2D eigenvalue weighted by Gasteiger charge is 2.59. The summed E-state index contributed by atoms with van der Waals surface area (Å²) < 4.78 is 48.0. The number of alkyl halides is 3. The summed E-state index contributed by atoms with van der Waals surface area (Å²) in [6.45, 7) is 1.84. The van der Waals surface area contributed by atoms with Crippen LogP contribution in [0.4, 0.5) is 18.9 Å². The lowest BCUT2D eigenvalue weighted by molar-refractivity contribution is -0.256. The monoisotopic (exact) mass is 470 g/mol. The van der Waals surface area contributed by atoms with Gasteiger partial charge in [-0.25, -0.2) is 0 Å². The highest BCUT2D eigenvalue weighted by atomic mass is 35.5. The molecule has 0 aliphatic heterocycles. The molecule has 2 aromatic carbocycles. The van der Waals surface area contributed by atoms with Gasteiger partial charge in [-0.3, -0.25) is 4.98 Å². The van der Waals surface area contributed by atoms with Gasteiger partial charge in [-0.05, 0) is 49.6 Å². The summed E-state index contributed by atoms with van der Waals surface area (Å²) in [6.07, 6.45) is -3.41. The van der Waals surface area contributed by atoms with E-state index in [1.54, 1.807) is 30.3 Å². The molecule has 2 atom stereocenters. The van der Waals surface area contributed by atoms with E-state index >= 15 is 0 Å². The van der Waals surface area contributed by atoms with Crippen molar-refractivity contribution in [3.63, 3.8) is 0 Å². The van der Waals surface area contributed by atoms with Gasteiger partial charge in [0.25, 0.3) is 0 Å². The molecular weight excluding hydrogens is 449 g/mol. The smallest absolute Gasteiger partial charge is 0.420 e. The highest BCUT2D eigenvalue weighted by Crippen LogP contribution is 2.46. The normalized spacial score (nSPS) is 14.8. The van der Waals surface area contributed by atoms with Crippen molar-refractivity contribution in [1.29, 1.82) is 0 Å². The van der Waals surface area contributed by atoms with E-state index in [-0.39, 0.29) is 11.3 Å². The number of aryl methyl sites for hydroxylation is 1. The van der Waals surface area contributed by atoms with Crippen LogP contribution < -0.4 is 10.1 Å². The molecule has 1 aromatic heterocycles. The Morgan fingerprint density at radius 2 is 1.94 bits per heavy atom. The fourth-order valence-corrected chi connectivity index (χ4v) is 4.40. The number of methoxy groups -OCH3 is 1. The molecule has 0 saturated heterocycles. The van der Waals surface area contributed by atoms with Crippen LogP contribution in [0, 0.1) is 6.92 Å². The van der Waals surface area contributed by atoms with Gasteiger partial charge in [-0.2, -0.15) is 24.9 Å². The van der Waals surface area contributed by atoms with Crippen molar-refractivity contribution in [2.75, 3.05) is 24.4 Å². The third-order valence-electron chi connectivity index (χ3n) is 5.01. The molecule has 0 amide bonds. The van der Waals surface area contributed by atoms with E-state index in [1.165, 1.54) is 31.6 Å². The van der Waals surface area contributed by atoms with Gasteiger partial charge in [-0.15, -0.1) is 0 Å². The van der Waals surface area contributed by atoms with Crippen molar-refractivity contribution in [3.8, 4) is 5.75 Å². The minimum atomic E-state index is -4.92. The summed E-state index contributed by atoms with van der Waals surface area (Å²) in [7, 11) is 1.35. The van der Waals surface area contributed by atoms with Gasteiger partial charge in [0.05, 0.1) is 18.7 Å². The van der Waals surface area contributed by atoms with Crippen molar-refractivity contribution < 1.29 is 23.0 Å². The van der Waals surface area contributed by atoms with E-state index in [0.717, 1.165) is 17.5 Å². The summed E-state index contributed by atoms with van der Waals surface area (Å²) in [5, 5.41) is 14.9.